The molecule has 264 valence electrons. The van der Waals surface area contributed by atoms with Crippen LogP contribution in [0, 0.1) is 5.92 Å². The molecule has 0 aliphatic carbocycles. The first-order chi connectivity index (χ1) is 23.0. The summed E-state index contributed by atoms with van der Waals surface area (Å²) in [5, 5.41) is 11.2. The zero-order valence-electron chi connectivity index (χ0n) is 29.8. The molecule has 0 bridgehead atoms. The van der Waals surface area contributed by atoms with E-state index in [0.29, 0.717) is 43.3 Å². The van der Waals surface area contributed by atoms with E-state index in [4.69, 9.17) is 14.0 Å². The molecule has 1 amide bonds. The first-order valence-corrected chi connectivity index (χ1v) is 20.0. The fourth-order valence-electron chi connectivity index (χ4n) is 6.33. The van der Waals surface area contributed by atoms with Crippen LogP contribution in [0.5, 0.6) is 11.5 Å². The lowest BCUT2D eigenvalue weighted by Crippen LogP contribution is -2.47. The van der Waals surface area contributed by atoms with Gasteiger partial charge in [0.15, 0.2) is 9.84 Å². The Bertz CT molecular complexity index is 1700. The van der Waals surface area contributed by atoms with Crippen LogP contribution >= 0.6 is 11.8 Å². The maximum Gasteiger partial charge on any atom is 0.494 e. The highest BCUT2D eigenvalue weighted by atomic mass is 32.2. The third-order valence-electron chi connectivity index (χ3n) is 10.3. The van der Waals surface area contributed by atoms with E-state index in [1.165, 1.54) is 18.0 Å². The van der Waals surface area contributed by atoms with Crippen molar-refractivity contribution in [3.63, 3.8) is 0 Å². The summed E-state index contributed by atoms with van der Waals surface area (Å²) >= 11 is 1.47. The van der Waals surface area contributed by atoms with Crippen LogP contribution in [0.2, 0.25) is 0 Å². The minimum absolute atomic E-state index is 0.0157. The SMILES string of the molecule is CCC(CC)CC1(O)CCN(C(=O)Cc2cc(Oc3ccc(B4OC(C)(C)C(C)(C)O4)cc3)cc(Sc3ccc(S(C)(=O)=O)cc3)c2)CC1. The lowest BCUT2D eigenvalue weighted by molar-refractivity contribution is -0.135. The van der Waals surface area contributed by atoms with Crippen LogP contribution in [-0.2, 0) is 30.4 Å². The molecule has 2 aliphatic rings. The van der Waals surface area contributed by atoms with E-state index < -0.39 is 33.8 Å². The van der Waals surface area contributed by atoms with Gasteiger partial charge in [-0.25, -0.2) is 8.42 Å². The zero-order chi connectivity index (χ0) is 35.6. The molecule has 2 aliphatic heterocycles. The second kappa shape index (κ2) is 14.8. The number of rotatable bonds is 12. The van der Waals surface area contributed by atoms with Gasteiger partial charge >= 0.3 is 7.12 Å². The highest BCUT2D eigenvalue weighted by molar-refractivity contribution is 7.99. The Morgan fingerprint density at radius 3 is 2.04 bits per heavy atom. The average molecular weight is 708 g/mol. The first kappa shape index (κ1) is 37.4. The Labute approximate surface area is 297 Å². The van der Waals surface area contributed by atoms with Crippen molar-refractivity contribution in [3.8, 4) is 11.5 Å². The van der Waals surface area contributed by atoms with E-state index in [2.05, 4.69) is 13.8 Å². The van der Waals surface area contributed by atoms with E-state index in [0.717, 1.165) is 40.1 Å². The van der Waals surface area contributed by atoms with Gasteiger partial charge in [0.25, 0.3) is 0 Å². The van der Waals surface area contributed by atoms with Crippen LogP contribution in [-0.4, -0.2) is 67.6 Å². The number of piperidine rings is 1. The van der Waals surface area contributed by atoms with Crippen molar-refractivity contribution >= 4 is 40.1 Å². The molecule has 0 aromatic heterocycles. The van der Waals surface area contributed by atoms with E-state index >= 15 is 0 Å². The third kappa shape index (κ3) is 9.30. The number of sulfone groups is 1. The van der Waals surface area contributed by atoms with Gasteiger partial charge in [-0.15, -0.1) is 0 Å². The maximum atomic E-state index is 13.6. The number of ether oxygens (including phenoxy) is 1. The van der Waals surface area contributed by atoms with Gasteiger partial charge in [-0.05, 0) is 118 Å². The van der Waals surface area contributed by atoms with Crippen LogP contribution < -0.4 is 10.2 Å². The smallest absolute Gasteiger partial charge is 0.457 e. The molecule has 1 N–H and O–H groups in total. The quantitative estimate of drug-likeness (QED) is 0.200. The molecule has 0 spiro atoms. The molecule has 0 saturated carbocycles. The summed E-state index contributed by atoms with van der Waals surface area (Å²) in [4.78, 5) is 17.4. The Balaban J connectivity index is 1.33. The van der Waals surface area contributed by atoms with E-state index in [1.54, 1.807) is 24.3 Å². The lowest BCUT2D eigenvalue weighted by Gasteiger charge is -2.40. The van der Waals surface area contributed by atoms with Crippen molar-refractivity contribution in [2.45, 2.75) is 112 Å². The molecule has 11 heteroatoms. The Morgan fingerprint density at radius 1 is 0.898 bits per heavy atom. The van der Waals surface area contributed by atoms with Gasteiger partial charge in [0.1, 0.15) is 11.5 Å². The number of benzene rings is 3. The van der Waals surface area contributed by atoms with Crippen molar-refractivity contribution in [1.82, 2.24) is 4.90 Å². The van der Waals surface area contributed by atoms with Crippen molar-refractivity contribution < 1.29 is 32.4 Å². The molecule has 0 unspecified atom stereocenters. The molecule has 3 aromatic carbocycles. The Kier molecular flexibility index (Phi) is 11.3. The lowest BCUT2D eigenvalue weighted by atomic mass is 9.79. The first-order valence-electron chi connectivity index (χ1n) is 17.2. The van der Waals surface area contributed by atoms with Gasteiger partial charge in [0.2, 0.25) is 5.91 Å². The molecule has 3 aromatic rings. The van der Waals surface area contributed by atoms with Crippen molar-refractivity contribution in [2.24, 2.45) is 5.92 Å². The molecule has 0 radical (unpaired) electrons. The van der Waals surface area contributed by atoms with Crippen LogP contribution in [0.1, 0.15) is 79.2 Å². The molecule has 49 heavy (non-hydrogen) atoms. The summed E-state index contributed by atoms with van der Waals surface area (Å²) in [5.41, 5.74) is 0.117. The predicted octanol–water partition coefficient (Wildman–Crippen LogP) is 7.06. The molecule has 2 fully saturated rings. The summed E-state index contributed by atoms with van der Waals surface area (Å²) in [6, 6.07) is 20.2. The summed E-state index contributed by atoms with van der Waals surface area (Å²) in [6.07, 6.45) is 5.44. The minimum atomic E-state index is -3.30. The molecule has 5 rings (SSSR count). The van der Waals surface area contributed by atoms with Crippen LogP contribution in [0.3, 0.4) is 0 Å². The summed E-state index contributed by atoms with van der Waals surface area (Å²) in [5.74, 6) is 1.72. The number of carbonyl (C=O) groups is 1. The topological polar surface area (TPSA) is 102 Å². The molecule has 8 nitrogen and oxygen atoms in total. The van der Waals surface area contributed by atoms with Crippen molar-refractivity contribution in [1.29, 1.82) is 0 Å². The molecular formula is C38H50BNO7S2. The van der Waals surface area contributed by atoms with Gasteiger partial charge < -0.3 is 24.1 Å². The fourth-order valence-corrected chi connectivity index (χ4v) is 7.89. The molecular weight excluding hydrogens is 657 g/mol. The number of hydrogen-bond donors (Lipinski definition) is 1. The zero-order valence-corrected chi connectivity index (χ0v) is 31.5. The third-order valence-corrected chi connectivity index (χ3v) is 12.4. The van der Waals surface area contributed by atoms with Crippen LogP contribution in [0.15, 0.2) is 81.4 Å². The Morgan fingerprint density at radius 2 is 1.49 bits per heavy atom. The molecule has 2 heterocycles. The van der Waals surface area contributed by atoms with Gasteiger partial charge in [-0.2, -0.15) is 0 Å². The normalized spacial score (nSPS) is 18.6. The average Bonchev–Trinajstić information content (AvgIpc) is 3.26. The molecule has 2 saturated heterocycles. The second-order valence-corrected chi connectivity index (χ2v) is 17.7. The number of nitrogens with zero attached hydrogens (tertiary/aromatic N) is 1. The van der Waals surface area contributed by atoms with E-state index in [1.807, 2.05) is 75.1 Å². The highest BCUT2D eigenvalue weighted by Gasteiger charge is 2.51. The van der Waals surface area contributed by atoms with Gasteiger partial charge in [0, 0.05) is 29.1 Å². The van der Waals surface area contributed by atoms with E-state index in [9.17, 15) is 18.3 Å². The second-order valence-electron chi connectivity index (χ2n) is 14.6. The summed E-state index contributed by atoms with van der Waals surface area (Å²) < 4.78 is 42.7. The Hall–Kier alpha value is -2.83. The summed E-state index contributed by atoms with van der Waals surface area (Å²) in [6.45, 7) is 13.5. The predicted molar refractivity (Wildman–Crippen MR) is 196 cm³/mol. The monoisotopic (exact) mass is 707 g/mol. The van der Waals surface area contributed by atoms with Gasteiger partial charge in [-0.3, -0.25) is 4.79 Å². The van der Waals surface area contributed by atoms with E-state index in [-0.39, 0.29) is 17.2 Å². The van der Waals surface area contributed by atoms with Gasteiger partial charge in [0.05, 0.1) is 28.1 Å². The van der Waals surface area contributed by atoms with Crippen LogP contribution in [0.4, 0.5) is 0 Å². The number of likely N-dealkylation sites (tertiary alicyclic amines) is 1. The van der Waals surface area contributed by atoms with Crippen molar-refractivity contribution in [3.05, 3.63) is 72.3 Å². The van der Waals surface area contributed by atoms with Gasteiger partial charge in [-0.1, -0.05) is 50.6 Å². The summed E-state index contributed by atoms with van der Waals surface area (Å²) in [7, 11) is -3.78. The number of aliphatic hydroxyl groups is 1. The maximum absolute atomic E-state index is 13.6. The minimum Gasteiger partial charge on any atom is -0.457 e. The molecule has 0 atom stereocenters. The number of carbonyl (C=O) groups excluding carboxylic acids is 1. The fraction of sp³-hybridized carbons (Fsp3) is 0.500. The standard InChI is InChI=1S/C38H50BNO7S2/c1-8-27(9-2)26-38(42)18-20-40(21-19-38)35(41)24-28-22-31(25-33(23-28)48-32-14-16-34(17-15-32)49(7,43)44)45-30-12-10-29(11-13-30)39-46-36(3,4)37(5,6)47-39/h10-17,22-23,25,27,42H,8-9,18-21,24,26H2,1-7H3. The largest absolute Gasteiger partial charge is 0.494 e. The number of hydrogen-bond acceptors (Lipinski definition) is 8. The highest BCUT2D eigenvalue weighted by Crippen LogP contribution is 2.38. The van der Waals surface area contributed by atoms with Crippen molar-refractivity contribution in [2.75, 3.05) is 19.3 Å². The van der Waals surface area contributed by atoms with Crippen LogP contribution in [0.25, 0.3) is 0 Å². The number of amides is 1.